The molecule has 0 aliphatic rings. The van der Waals surface area contributed by atoms with Crippen LogP contribution in [0.3, 0.4) is 0 Å². The van der Waals surface area contributed by atoms with Crippen LogP contribution in [0.2, 0.25) is 5.02 Å². The van der Waals surface area contributed by atoms with Gasteiger partial charge in [-0.25, -0.2) is 4.68 Å². The Hall–Kier alpha value is -0.800. The monoisotopic (exact) mass is 284 g/mol. The first-order chi connectivity index (χ1) is 7.29. The Balaban J connectivity index is 2.29. The summed E-state index contributed by atoms with van der Waals surface area (Å²) < 4.78 is 1.84. The quantitative estimate of drug-likeness (QED) is 0.790. The molecule has 0 amide bonds. The van der Waals surface area contributed by atoms with Gasteiger partial charge in [-0.1, -0.05) is 33.6 Å². The summed E-state index contributed by atoms with van der Waals surface area (Å²) in [6, 6.07) is 7.65. The van der Waals surface area contributed by atoms with E-state index in [4.69, 9.17) is 11.6 Å². The maximum absolute atomic E-state index is 5.91. The Morgan fingerprint density at radius 3 is 3.00 bits per heavy atom. The van der Waals surface area contributed by atoms with Crippen molar-refractivity contribution in [1.82, 2.24) is 9.78 Å². The van der Waals surface area contributed by atoms with Crippen LogP contribution in [0.4, 0.5) is 0 Å². The average molecular weight is 286 g/mol. The van der Waals surface area contributed by atoms with Gasteiger partial charge in [0.05, 0.1) is 11.9 Å². The number of hydrogen-bond acceptors (Lipinski definition) is 1. The first-order valence-electron chi connectivity index (χ1n) is 4.65. The van der Waals surface area contributed by atoms with E-state index >= 15 is 0 Å². The molecule has 1 aromatic heterocycles. The number of aromatic nitrogens is 2. The summed E-state index contributed by atoms with van der Waals surface area (Å²) >= 11 is 9.32. The van der Waals surface area contributed by atoms with Crippen LogP contribution in [0.25, 0.3) is 5.69 Å². The molecule has 4 heteroatoms. The fourth-order valence-electron chi connectivity index (χ4n) is 1.36. The lowest BCUT2D eigenvalue weighted by Gasteiger charge is -2.00. The normalized spacial score (nSPS) is 10.5. The minimum Gasteiger partial charge on any atom is -0.241 e. The second kappa shape index (κ2) is 4.81. The maximum atomic E-state index is 5.91. The standard InChI is InChI=1S/C11H10BrClN2/c12-5-4-9-7-14-15(8-9)11-3-1-2-10(13)6-11/h1-3,6-8H,4-5H2. The molecule has 2 aromatic rings. The van der Waals surface area contributed by atoms with Gasteiger partial charge in [-0.3, -0.25) is 0 Å². The number of halogens is 2. The number of aryl methyl sites for hydroxylation is 1. The largest absolute Gasteiger partial charge is 0.241 e. The van der Waals surface area contributed by atoms with E-state index in [0.717, 1.165) is 22.5 Å². The van der Waals surface area contributed by atoms with Gasteiger partial charge in [-0.05, 0) is 30.2 Å². The molecule has 0 saturated heterocycles. The highest BCUT2D eigenvalue weighted by Crippen LogP contribution is 2.14. The van der Waals surface area contributed by atoms with Gasteiger partial charge < -0.3 is 0 Å². The third kappa shape index (κ3) is 2.61. The SMILES string of the molecule is Clc1cccc(-n2cc(CCBr)cn2)c1. The van der Waals surface area contributed by atoms with Crippen LogP contribution in [0, 0.1) is 0 Å². The smallest absolute Gasteiger partial charge is 0.0660 e. The molecule has 2 rings (SSSR count). The zero-order valence-electron chi connectivity index (χ0n) is 8.03. The van der Waals surface area contributed by atoms with Crippen LogP contribution in [-0.4, -0.2) is 15.1 Å². The summed E-state index contributed by atoms with van der Waals surface area (Å²) in [7, 11) is 0. The van der Waals surface area contributed by atoms with Crippen LogP contribution in [-0.2, 0) is 6.42 Å². The van der Waals surface area contributed by atoms with E-state index in [1.165, 1.54) is 5.56 Å². The van der Waals surface area contributed by atoms with Crippen molar-refractivity contribution in [2.45, 2.75) is 6.42 Å². The van der Waals surface area contributed by atoms with E-state index in [1.807, 2.05) is 41.3 Å². The van der Waals surface area contributed by atoms with E-state index in [9.17, 15) is 0 Å². The molecule has 78 valence electrons. The summed E-state index contributed by atoms with van der Waals surface area (Å²) in [6.07, 6.45) is 4.88. The van der Waals surface area contributed by atoms with Crippen LogP contribution < -0.4 is 0 Å². The predicted octanol–water partition coefficient (Wildman–Crippen LogP) is 3.46. The lowest BCUT2D eigenvalue weighted by atomic mass is 10.3. The van der Waals surface area contributed by atoms with E-state index in [1.54, 1.807) is 0 Å². The maximum Gasteiger partial charge on any atom is 0.0660 e. The first kappa shape index (κ1) is 10.7. The summed E-state index contributed by atoms with van der Waals surface area (Å²) in [6.45, 7) is 0. The molecular weight excluding hydrogens is 275 g/mol. The fourth-order valence-corrected chi connectivity index (χ4v) is 2.00. The Kier molecular flexibility index (Phi) is 3.44. The molecule has 0 saturated carbocycles. The number of rotatable bonds is 3. The highest BCUT2D eigenvalue weighted by Gasteiger charge is 2.00. The number of hydrogen-bond donors (Lipinski definition) is 0. The molecule has 0 aliphatic heterocycles. The molecule has 15 heavy (non-hydrogen) atoms. The molecule has 0 aliphatic carbocycles. The Labute approximate surface area is 102 Å². The molecule has 1 aromatic carbocycles. The van der Waals surface area contributed by atoms with Gasteiger partial charge in [-0.15, -0.1) is 0 Å². The van der Waals surface area contributed by atoms with Gasteiger partial charge >= 0.3 is 0 Å². The first-order valence-corrected chi connectivity index (χ1v) is 6.15. The van der Waals surface area contributed by atoms with Crippen molar-refractivity contribution in [3.8, 4) is 5.69 Å². The second-order valence-electron chi connectivity index (χ2n) is 3.21. The number of benzene rings is 1. The molecule has 0 fully saturated rings. The zero-order chi connectivity index (χ0) is 10.7. The van der Waals surface area contributed by atoms with Gasteiger partial charge in [0.2, 0.25) is 0 Å². The molecule has 0 spiro atoms. The summed E-state index contributed by atoms with van der Waals surface area (Å²) in [5.41, 5.74) is 2.20. The third-order valence-electron chi connectivity index (χ3n) is 2.09. The topological polar surface area (TPSA) is 17.8 Å². The number of nitrogens with zero attached hydrogens (tertiary/aromatic N) is 2. The molecule has 2 nitrogen and oxygen atoms in total. The van der Waals surface area contributed by atoms with Crippen LogP contribution in [0.1, 0.15) is 5.56 Å². The van der Waals surface area contributed by atoms with E-state index in [0.29, 0.717) is 0 Å². The molecule has 0 N–H and O–H groups in total. The minimum atomic E-state index is 0.727. The van der Waals surface area contributed by atoms with Gasteiger partial charge in [0, 0.05) is 16.5 Å². The van der Waals surface area contributed by atoms with E-state index in [2.05, 4.69) is 21.0 Å². The van der Waals surface area contributed by atoms with Crippen molar-refractivity contribution < 1.29 is 0 Å². The lowest BCUT2D eigenvalue weighted by Crippen LogP contribution is -1.93. The second-order valence-corrected chi connectivity index (χ2v) is 4.44. The fraction of sp³-hybridized carbons (Fsp3) is 0.182. The van der Waals surface area contributed by atoms with Crippen LogP contribution >= 0.6 is 27.5 Å². The van der Waals surface area contributed by atoms with Gasteiger partial charge in [-0.2, -0.15) is 5.10 Å². The predicted molar refractivity (Wildman–Crippen MR) is 66.1 cm³/mol. The van der Waals surface area contributed by atoms with Gasteiger partial charge in [0.1, 0.15) is 0 Å². The Morgan fingerprint density at radius 1 is 1.40 bits per heavy atom. The molecule has 0 atom stereocenters. The van der Waals surface area contributed by atoms with Crippen LogP contribution in [0.15, 0.2) is 36.7 Å². The highest BCUT2D eigenvalue weighted by atomic mass is 79.9. The van der Waals surface area contributed by atoms with Crippen molar-refractivity contribution in [2.75, 3.05) is 5.33 Å². The van der Waals surface area contributed by atoms with Gasteiger partial charge in [0.15, 0.2) is 0 Å². The van der Waals surface area contributed by atoms with Crippen molar-refractivity contribution in [1.29, 1.82) is 0 Å². The van der Waals surface area contributed by atoms with E-state index in [-0.39, 0.29) is 0 Å². The molecule has 0 unspecified atom stereocenters. The lowest BCUT2D eigenvalue weighted by molar-refractivity contribution is 0.880. The zero-order valence-corrected chi connectivity index (χ0v) is 10.4. The minimum absolute atomic E-state index is 0.727. The summed E-state index contributed by atoms with van der Waals surface area (Å²) in [5, 5.41) is 5.96. The molecule has 0 bridgehead atoms. The number of alkyl halides is 1. The van der Waals surface area contributed by atoms with Crippen LogP contribution in [0.5, 0.6) is 0 Å². The summed E-state index contributed by atoms with van der Waals surface area (Å²) in [5.74, 6) is 0. The van der Waals surface area contributed by atoms with Crippen molar-refractivity contribution in [3.63, 3.8) is 0 Å². The van der Waals surface area contributed by atoms with Crippen molar-refractivity contribution in [3.05, 3.63) is 47.2 Å². The Morgan fingerprint density at radius 2 is 2.27 bits per heavy atom. The van der Waals surface area contributed by atoms with E-state index < -0.39 is 0 Å². The van der Waals surface area contributed by atoms with Gasteiger partial charge in [0.25, 0.3) is 0 Å². The van der Waals surface area contributed by atoms with Crippen molar-refractivity contribution in [2.24, 2.45) is 0 Å². The average Bonchev–Trinajstić information content (AvgIpc) is 2.67. The third-order valence-corrected chi connectivity index (χ3v) is 2.72. The summed E-state index contributed by atoms with van der Waals surface area (Å²) in [4.78, 5) is 0. The Bertz CT molecular complexity index is 453. The highest BCUT2D eigenvalue weighted by molar-refractivity contribution is 9.09. The molecule has 1 heterocycles. The molecule has 0 radical (unpaired) electrons. The van der Waals surface area contributed by atoms with Crippen molar-refractivity contribution >= 4 is 27.5 Å². The molecular formula is C11H10BrClN2.